The van der Waals surface area contributed by atoms with Crippen molar-refractivity contribution < 1.29 is 5.11 Å². The molecule has 11 heavy (non-hydrogen) atoms. The Morgan fingerprint density at radius 1 is 1.82 bits per heavy atom. The van der Waals surface area contributed by atoms with E-state index in [1.165, 1.54) is 0 Å². The zero-order chi connectivity index (χ0) is 8.27. The van der Waals surface area contributed by atoms with Gasteiger partial charge in [-0.2, -0.15) is 0 Å². The van der Waals surface area contributed by atoms with E-state index in [9.17, 15) is 0 Å². The molecular weight excluding hydrogens is 160 g/mol. The minimum Gasteiger partial charge on any atom is -0.395 e. The van der Waals surface area contributed by atoms with Gasteiger partial charge in [0.2, 0.25) is 0 Å². The van der Waals surface area contributed by atoms with Crippen LogP contribution in [0.2, 0.25) is 0 Å². The number of hydrogen-bond donors (Lipinski definition) is 2. The Morgan fingerprint density at radius 2 is 2.55 bits per heavy atom. The third-order valence-corrected chi connectivity index (χ3v) is 2.33. The summed E-state index contributed by atoms with van der Waals surface area (Å²) in [5.74, 6) is 0. The maximum Gasteiger partial charge on any atom is 0.0944 e. The number of rotatable bonds is 3. The van der Waals surface area contributed by atoms with E-state index in [-0.39, 0.29) is 12.6 Å². The molecule has 0 spiro atoms. The van der Waals surface area contributed by atoms with Crippen LogP contribution in [0.25, 0.3) is 0 Å². The molecule has 0 fully saturated rings. The van der Waals surface area contributed by atoms with Gasteiger partial charge < -0.3 is 10.8 Å². The fraction of sp³-hybridized carbons (Fsp3) is 0.571. The lowest BCUT2D eigenvalue weighted by Gasteiger charge is -2.03. The highest BCUT2D eigenvalue weighted by molar-refractivity contribution is 7.09. The fourth-order valence-electron chi connectivity index (χ4n) is 0.785. The highest BCUT2D eigenvalue weighted by atomic mass is 32.1. The first-order valence-corrected chi connectivity index (χ1v) is 4.37. The predicted octanol–water partition coefficient (Wildman–Crippen LogP) is 0.314. The molecule has 0 aromatic carbocycles. The van der Waals surface area contributed by atoms with Gasteiger partial charge in [-0.15, -0.1) is 11.3 Å². The second kappa shape index (κ2) is 3.80. The Hall–Kier alpha value is -0.450. The monoisotopic (exact) mass is 172 g/mol. The fourth-order valence-corrected chi connectivity index (χ4v) is 1.65. The summed E-state index contributed by atoms with van der Waals surface area (Å²) in [6.07, 6.45) is 0.676. The van der Waals surface area contributed by atoms with Crippen LogP contribution < -0.4 is 5.73 Å². The van der Waals surface area contributed by atoms with Crippen LogP contribution in [-0.4, -0.2) is 22.7 Å². The van der Waals surface area contributed by atoms with Crippen molar-refractivity contribution in [3.8, 4) is 0 Å². The van der Waals surface area contributed by atoms with Crippen molar-refractivity contribution in [3.05, 3.63) is 16.1 Å². The Bertz CT molecular complexity index is 224. The molecule has 3 nitrogen and oxygen atoms in total. The molecule has 0 aliphatic carbocycles. The number of nitrogens with zero attached hydrogens (tertiary/aromatic N) is 1. The smallest absolute Gasteiger partial charge is 0.0944 e. The summed E-state index contributed by atoms with van der Waals surface area (Å²) < 4.78 is 0. The van der Waals surface area contributed by atoms with Gasteiger partial charge in [0.15, 0.2) is 0 Å². The topological polar surface area (TPSA) is 59.1 Å². The summed E-state index contributed by atoms with van der Waals surface area (Å²) >= 11 is 1.59. The van der Waals surface area contributed by atoms with Crippen molar-refractivity contribution in [2.75, 3.05) is 6.61 Å². The maximum atomic E-state index is 8.65. The molecule has 0 radical (unpaired) electrons. The van der Waals surface area contributed by atoms with Gasteiger partial charge in [-0.05, 0) is 6.92 Å². The first kappa shape index (κ1) is 8.64. The third-order valence-electron chi connectivity index (χ3n) is 1.34. The summed E-state index contributed by atoms with van der Waals surface area (Å²) in [5.41, 5.74) is 6.55. The highest BCUT2D eigenvalue weighted by Gasteiger charge is 2.04. The summed E-state index contributed by atoms with van der Waals surface area (Å²) in [6.45, 7) is 1.98. The molecule has 1 unspecified atom stereocenters. The Kier molecular flexibility index (Phi) is 2.99. The van der Waals surface area contributed by atoms with Gasteiger partial charge in [-0.3, -0.25) is 0 Å². The molecule has 0 amide bonds. The van der Waals surface area contributed by atoms with E-state index in [4.69, 9.17) is 10.8 Å². The largest absolute Gasteiger partial charge is 0.395 e. The molecule has 62 valence electrons. The third kappa shape index (κ3) is 2.57. The average molecular weight is 172 g/mol. The number of aromatic nitrogens is 1. The van der Waals surface area contributed by atoms with Crippen molar-refractivity contribution in [2.24, 2.45) is 5.73 Å². The minimum atomic E-state index is -0.166. The number of thiazole rings is 1. The number of aliphatic hydroxyl groups is 1. The van der Waals surface area contributed by atoms with E-state index < -0.39 is 0 Å². The Morgan fingerprint density at radius 3 is 3.00 bits per heavy atom. The van der Waals surface area contributed by atoms with Gasteiger partial charge in [0, 0.05) is 23.5 Å². The summed E-state index contributed by atoms with van der Waals surface area (Å²) in [6, 6.07) is -0.166. The SMILES string of the molecule is Cc1csc(CC(N)CO)n1. The van der Waals surface area contributed by atoms with Gasteiger partial charge in [0.25, 0.3) is 0 Å². The van der Waals surface area contributed by atoms with Crippen molar-refractivity contribution in [1.29, 1.82) is 0 Å². The van der Waals surface area contributed by atoms with E-state index in [2.05, 4.69) is 4.98 Å². The molecule has 0 aliphatic heterocycles. The number of nitrogens with two attached hydrogens (primary N) is 1. The van der Waals surface area contributed by atoms with Gasteiger partial charge in [0.1, 0.15) is 0 Å². The van der Waals surface area contributed by atoms with E-state index in [1.54, 1.807) is 11.3 Å². The molecule has 0 saturated carbocycles. The average Bonchev–Trinajstić information content (AvgIpc) is 2.35. The molecular formula is C7H12N2OS. The molecule has 1 aromatic rings. The molecule has 1 atom stereocenters. The normalized spacial score (nSPS) is 13.4. The van der Waals surface area contributed by atoms with Crippen LogP contribution in [0.5, 0.6) is 0 Å². The predicted molar refractivity (Wildman–Crippen MR) is 45.6 cm³/mol. The van der Waals surface area contributed by atoms with Gasteiger partial charge in [-0.25, -0.2) is 4.98 Å². The van der Waals surface area contributed by atoms with Crippen LogP contribution in [0, 0.1) is 6.92 Å². The highest BCUT2D eigenvalue weighted by Crippen LogP contribution is 2.09. The summed E-state index contributed by atoms with van der Waals surface area (Å²) in [5, 5.41) is 11.6. The quantitative estimate of drug-likeness (QED) is 0.690. The van der Waals surface area contributed by atoms with Crippen LogP contribution in [0.15, 0.2) is 5.38 Å². The van der Waals surface area contributed by atoms with E-state index in [1.807, 2.05) is 12.3 Å². The molecule has 0 aliphatic rings. The van der Waals surface area contributed by atoms with Crippen molar-refractivity contribution in [3.63, 3.8) is 0 Å². The van der Waals surface area contributed by atoms with Crippen LogP contribution in [0.1, 0.15) is 10.7 Å². The standard InChI is InChI=1S/C7H12N2OS/c1-5-4-11-7(9-5)2-6(8)3-10/h4,6,10H,2-3,8H2,1H3. The molecule has 0 saturated heterocycles. The second-order valence-electron chi connectivity index (χ2n) is 2.53. The first-order valence-electron chi connectivity index (χ1n) is 3.50. The lowest BCUT2D eigenvalue weighted by atomic mass is 10.2. The molecule has 1 aromatic heterocycles. The second-order valence-corrected chi connectivity index (χ2v) is 3.47. The van der Waals surface area contributed by atoms with Crippen LogP contribution >= 0.6 is 11.3 Å². The maximum absolute atomic E-state index is 8.65. The zero-order valence-corrected chi connectivity index (χ0v) is 7.27. The van der Waals surface area contributed by atoms with Crippen molar-refractivity contribution in [2.45, 2.75) is 19.4 Å². The molecule has 4 heteroatoms. The van der Waals surface area contributed by atoms with Crippen LogP contribution in [0.4, 0.5) is 0 Å². The first-order chi connectivity index (χ1) is 5.22. The van der Waals surface area contributed by atoms with E-state index in [0.717, 1.165) is 10.7 Å². The Balaban J connectivity index is 2.50. The summed E-state index contributed by atoms with van der Waals surface area (Å²) in [4.78, 5) is 4.23. The molecule has 0 bridgehead atoms. The lowest BCUT2D eigenvalue weighted by Crippen LogP contribution is -2.26. The number of aliphatic hydroxyl groups excluding tert-OH is 1. The Labute approximate surface area is 69.9 Å². The van der Waals surface area contributed by atoms with Crippen molar-refractivity contribution >= 4 is 11.3 Å². The van der Waals surface area contributed by atoms with E-state index in [0.29, 0.717) is 6.42 Å². The molecule has 1 rings (SSSR count). The van der Waals surface area contributed by atoms with Crippen LogP contribution in [-0.2, 0) is 6.42 Å². The molecule has 3 N–H and O–H groups in total. The zero-order valence-electron chi connectivity index (χ0n) is 6.45. The number of aryl methyl sites for hydroxylation is 1. The van der Waals surface area contributed by atoms with Gasteiger partial charge in [-0.1, -0.05) is 0 Å². The van der Waals surface area contributed by atoms with Crippen LogP contribution in [0.3, 0.4) is 0 Å². The summed E-state index contributed by atoms with van der Waals surface area (Å²) in [7, 11) is 0. The van der Waals surface area contributed by atoms with E-state index >= 15 is 0 Å². The van der Waals surface area contributed by atoms with Gasteiger partial charge in [0.05, 0.1) is 11.6 Å². The lowest BCUT2D eigenvalue weighted by molar-refractivity contribution is 0.265. The van der Waals surface area contributed by atoms with Crippen molar-refractivity contribution in [1.82, 2.24) is 4.98 Å². The molecule has 1 heterocycles. The minimum absolute atomic E-state index is 0.0264. The number of hydrogen-bond acceptors (Lipinski definition) is 4. The van der Waals surface area contributed by atoms with Gasteiger partial charge >= 0.3 is 0 Å².